The van der Waals surface area contributed by atoms with E-state index in [2.05, 4.69) is 5.32 Å². The highest BCUT2D eigenvalue weighted by Gasteiger charge is 2.30. The Balaban J connectivity index is 2.19. The molecule has 1 aromatic rings. The minimum absolute atomic E-state index is 0.0616. The van der Waals surface area contributed by atoms with Crippen molar-refractivity contribution in [1.82, 2.24) is 0 Å². The highest BCUT2D eigenvalue weighted by atomic mass is 35.5. The van der Waals surface area contributed by atoms with E-state index >= 15 is 0 Å². The molecule has 1 heterocycles. The average molecular weight is 285 g/mol. The second-order valence-corrected chi connectivity index (χ2v) is 5.74. The summed E-state index contributed by atoms with van der Waals surface area (Å²) < 4.78 is 5.63. The molecule has 0 aliphatic carbocycles. The molecule has 1 unspecified atom stereocenters. The van der Waals surface area contributed by atoms with Crippen LogP contribution in [0.2, 0.25) is 5.02 Å². The summed E-state index contributed by atoms with van der Waals surface area (Å²) in [6, 6.07) is 5.08. The van der Waals surface area contributed by atoms with Gasteiger partial charge in [0.05, 0.1) is 10.5 Å². The Labute approximate surface area is 117 Å². The molecule has 0 radical (unpaired) electrons. The van der Waals surface area contributed by atoms with Gasteiger partial charge in [-0.05, 0) is 38.8 Å². The molecule has 0 spiro atoms. The lowest BCUT2D eigenvalue weighted by molar-refractivity contribution is -0.383. The van der Waals surface area contributed by atoms with Crippen LogP contribution in [0.1, 0.15) is 26.7 Å². The lowest BCUT2D eigenvalue weighted by atomic mass is 9.94. The maximum absolute atomic E-state index is 11.1. The SMILES string of the molecule is CC1(C)CC(Nc2cccc(Cl)c2[N+](=O)[O-])CCO1. The first kappa shape index (κ1) is 14.1. The largest absolute Gasteiger partial charge is 0.377 e. The molecule has 0 saturated carbocycles. The first-order valence-electron chi connectivity index (χ1n) is 6.22. The molecule has 0 amide bonds. The third-order valence-corrected chi connectivity index (χ3v) is 3.53. The zero-order valence-corrected chi connectivity index (χ0v) is 11.7. The maximum atomic E-state index is 11.1. The lowest BCUT2D eigenvalue weighted by Gasteiger charge is -2.36. The van der Waals surface area contributed by atoms with E-state index in [1.165, 1.54) is 6.07 Å². The molecule has 6 heteroatoms. The topological polar surface area (TPSA) is 64.4 Å². The van der Waals surface area contributed by atoms with Crippen molar-refractivity contribution in [2.45, 2.75) is 38.3 Å². The molecule has 1 aromatic carbocycles. The molecule has 104 valence electrons. The fraction of sp³-hybridized carbons (Fsp3) is 0.538. The number of nitro benzene ring substituents is 1. The van der Waals surface area contributed by atoms with Crippen molar-refractivity contribution >= 4 is 23.0 Å². The van der Waals surface area contributed by atoms with Crippen LogP contribution in [-0.2, 0) is 4.74 Å². The Hall–Kier alpha value is -1.33. The van der Waals surface area contributed by atoms with Gasteiger partial charge in [0.25, 0.3) is 0 Å². The summed E-state index contributed by atoms with van der Waals surface area (Å²) in [5.41, 5.74) is 0.206. The molecule has 0 aromatic heterocycles. The van der Waals surface area contributed by atoms with Gasteiger partial charge in [0, 0.05) is 12.6 Å². The van der Waals surface area contributed by atoms with Crippen molar-refractivity contribution in [2.24, 2.45) is 0 Å². The standard InChI is InChI=1S/C13H17ClN2O3/c1-13(2)8-9(6-7-19-13)15-11-5-3-4-10(14)12(11)16(17)18/h3-5,9,15H,6-8H2,1-2H3. The zero-order chi connectivity index (χ0) is 14.0. The van der Waals surface area contributed by atoms with Crippen LogP contribution >= 0.6 is 11.6 Å². The fourth-order valence-electron chi connectivity index (χ4n) is 2.39. The summed E-state index contributed by atoms with van der Waals surface area (Å²) in [5.74, 6) is 0. The molecular weight excluding hydrogens is 268 g/mol. The molecule has 0 bridgehead atoms. The summed E-state index contributed by atoms with van der Waals surface area (Å²) in [6.07, 6.45) is 1.63. The van der Waals surface area contributed by atoms with Gasteiger partial charge in [-0.15, -0.1) is 0 Å². The van der Waals surface area contributed by atoms with Gasteiger partial charge in [0.2, 0.25) is 0 Å². The third kappa shape index (κ3) is 3.36. The number of nitrogens with zero attached hydrogens (tertiary/aromatic N) is 1. The molecule has 5 nitrogen and oxygen atoms in total. The second kappa shape index (κ2) is 5.35. The lowest BCUT2D eigenvalue weighted by Crippen LogP contribution is -2.40. The molecule has 1 fully saturated rings. The van der Waals surface area contributed by atoms with Crippen molar-refractivity contribution in [3.63, 3.8) is 0 Å². The number of para-hydroxylation sites is 1. The molecule has 1 N–H and O–H groups in total. The summed E-state index contributed by atoms with van der Waals surface area (Å²) in [6.45, 7) is 4.69. The number of hydrogen-bond donors (Lipinski definition) is 1. The van der Waals surface area contributed by atoms with E-state index in [9.17, 15) is 10.1 Å². The smallest absolute Gasteiger partial charge is 0.310 e. The number of hydrogen-bond acceptors (Lipinski definition) is 4. The van der Waals surface area contributed by atoms with E-state index in [0.717, 1.165) is 12.8 Å². The van der Waals surface area contributed by atoms with Crippen molar-refractivity contribution in [3.05, 3.63) is 33.3 Å². The van der Waals surface area contributed by atoms with Crippen LogP contribution in [0.5, 0.6) is 0 Å². The van der Waals surface area contributed by atoms with Crippen molar-refractivity contribution < 1.29 is 9.66 Å². The monoisotopic (exact) mass is 284 g/mol. The minimum Gasteiger partial charge on any atom is -0.377 e. The van der Waals surface area contributed by atoms with E-state index in [1.807, 2.05) is 13.8 Å². The number of nitro groups is 1. The fourth-order valence-corrected chi connectivity index (χ4v) is 2.64. The van der Waals surface area contributed by atoms with Gasteiger partial charge in [-0.2, -0.15) is 0 Å². The Kier molecular flexibility index (Phi) is 3.96. The Morgan fingerprint density at radius 3 is 2.89 bits per heavy atom. The molecule has 1 saturated heterocycles. The Morgan fingerprint density at radius 1 is 1.53 bits per heavy atom. The molecule has 2 rings (SSSR count). The van der Waals surface area contributed by atoms with Gasteiger partial charge in [-0.3, -0.25) is 10.1 Å². The van der Waals surface area contributed by atoms with Crippen LogP contribution in [0.25, 0.3) is 0 Å². The third-order valence-electron chi connectivity index (χ3n) is 3.23. The van der Waals surface area contributed by atoms with E-state index in [4.69, 9.17) is 16.3 Å². The van der Waals surface area contributed by atoms with Crippen molar-refractivity contribution in [1.29, 1.82) is 0 Å². The van der Waals surface area contributed by atoms with Crippen LogP contribution in [0, 0.1) is 10.1 Å². The molecule has 19 heavy (non-hydrogen) atoms. The van der Waals surface area contributed by atoms with Gasteiger partial charge >= 0.3 is 5.69 Å². The predicted octanol–water partition coefficient (Wildman–Crippen LogP) is 3.62. The molecule has 1 aliphatic rings. The molecular formula is C13H17ClN2O3. The van der Waals surface area contributed by atoms with E-state index in [0.29, 0.717) is 12.3 Å². The van der Waals surface area contributed by atoms with Gasteiger partial charge in [0.1, 0.15) is 10.7 Å². The first-order chi connectivity index (χ1) is 8.89. The van der Waals surface area contributed by atoms with Crippen LogP contribution < -0.4 is 5.32 Å². The van der Waals surface area contributed by atoms with Crippen molar-refractivity contribution in [3.8, 4) is 0 Å². The number of ether oxygens (including phenoxy) is 1. The molecule has 1 aliphatic heterocycles. The summed E-state index contributed by atoms with van der Waals surface area (Å²) in [4.78, 5) is 10.6. The maximum Gasteiger partial charge on any atom is 0.310 e. The van der Waals surface area contributed by atoms with E-state index in [-0.39, 0.29) is 22.4 Å². The molecule has 1 atom stereocenters. The van der Waals surface area contributed by atoms with Crippen LogP contribution in [0.4, 0.5) is 11.4 Å². The Morgan fingerprint density at radius 2 is 2.26 bits per heavy atom. The minimum atomic E-state index is -0.449. The zero-order valence-electron chi connectivity index (χ0n) is 11.0. The number of benzene rings is 1. The van der Waals surface area contributed by atoms with Gasteiger partial charge in [-0.1, -0.05) is 17.7 Å². The van der Waals surface area contributed by atoms with Crippen molar-refractivity contribution in [2.75, 3.05) is 11.9 Å². The number of halogens is 1. The number of anilines is 1. The van der Waals surface area contributed by atoms with Gasteiger partial charge < -0.3 is 10.1 Å². The summed E-state index contributed by atoms with van der Waals surface area (Å²) in [7, 11) is 0. The Bertz CT molecular complexity index is 491. The van der Waals surface area contributed by atoms with E-state index < -0.39 is 4.92 Å². The second-order valence-electron chi connectivity index (χ2n) is 5.34. The predicted molar refractivity (Wildman–Crippen MR) is 74.8 cm³/mol. The van der Waals surface area contributed by atoms with E-state index in [1.54, 1.807) is 12.1 Å². The van der Waals surface area contributed by atoms with Crippen LogP contribution in [0.3, 0.4) is 0 Å². The summed E-state index contributed by atoms with van der Waals surface area (Å²) >= 11 is 5.89. The normalized spacial score (nSPS) is 21.9. The first-order valence-corrected chi connectivity index (χ1v) is 6.60. The van der Waals surface area contributed by atoms with Crippen LogP contribution in [0.15, 0.2) is 18.2 Å². The highest BCUT2D eigenvalue weighted by molar-refractivity contribution is 6.33. The van der Waals surface area contributed by atoms with Gasteiger partial charge in [0.15, 0.2) is 0 Å². The summed E-state index contributed by atoms with van der Waals surface area (Å²) in [5, 5.41) is 14.4. The van der Waals surface area contributed by atoms with Gasteiger partial charge in [-0.25, -0.2) is 0 Å². The quantitative estimate of drug-likeness (QED) is 0.680. The van der Waals surface area contributed by atoms with Crippen LogP contribution in [-0.4, -0.2) is 23.2 Å². The highest BCUT2D eigenvalue weighted by Crippen LogP contribution is 2.34. The average Bonchev–Trinajstić information content (AvgIpc) is 2.26. The number of rotatable bonds is 3. The number of nitrogens with one attached hydrogen (secondary N) is 1.